The molecule has 4 amide bonds. The number of hydrogen-bond acceptors (Lipinski definition) is 6. The number of rotatable bonds is 11. The number of ether oxygens (including phenoxy) is 1. The third-order valence-electron chi connectivity index (χ3n) is 6.17. The Kier molecular flexibility index (Phi) is 10.5. The summed E-state index contributed by atoms with van der Waals surface area (Å²) in [5.41, 5.74) is 4.98. The lowest BCUT2D eigenvalue weighted by molar-refractivity contribution is -0.150. The number of alkyl carbamates (subject to hydrolysis) is 1. The van der Waals surface area contributed by atoms with Crippen molar-refractivity contribution in [3.8, 4) is 5.75 Å². The summed E-state index contributed by atoms with van der Waals surface area (Å²) in [4.78, 5) is 53.9. The molecule has 0 fully saturated rings. The number of nitrogens with one attached hydrogen (secondary N) is 2. The summed E-state index contributed by atoms with van der Waals surface area (Å²) in [7, 11) is 0. The maximum absolute atomic E-state index is 14.2. The van der Waals surface area contributed by atoms with Gasteiger partial charge in [-0.25, -0.2) is 4.79 Å². The van der Waals surface area contributed by atoms with E-state index in [1.54, 1.807) is 46.8 Å². The zero-order valence-electron chi connectivity index (χ0n) is 23.5. The Morgan fingerprint density at radius 2 is 1.56 bits per heavy atom. The first kappa shape index (κ1) is 31.1. The van der Waals surface area contributed by atoms with Crippen LogP contribution in [0.25, 0.3) is 0 Å². The van der Waals surface area contributed by atoms with Crippen LogP contribution in [-0.2, 0) is 25.7 Å². The summed E-state index contributed by atoms with van der Waals surface area (Å²) in [6.07, 6.45) is -0.955. The zero-order chi connectivity index (χ0) is 29.4. The largest absolute Gasteiger partial charge is 0.508 e. The number of aromatic hydroxyl groups is 1. The quantitative estimate of drug-likeness (QED) is 0.342. The first-order chi connectivity index (χ1) is 18.1. The van der Waals surface area contributed by atoms with Crippen molar-refractivity contribution in [2.24, 2.45) is 5.73 Å². The van der Waals surface area contributed by atoms with Crippen molar-refractivity contribution in [1.29, 1.82) is 0 Å². The normalized spacial score (nSPS) is 13.1. The minimum atomic E-state index is -1.38. The number of phenolic OH excluding ortho intramolecular Hbond substituents is 1. The smallest absolute Gasteiger partial charge is 0.408 e. The second kappa shape index (κ2) is 13.1. The third kappa shape index (κ3) is 9.31. The standard InChI is InChI=1S/C29H40N4O6/c1-7-29(5,6)33(26(37)22(17-23(30)35)32-27(38)39-28(2,3)4)24(20-13-15-21(34)16-14-20)25(36)31-18-19-11-9-8-10-12-19/h8-16,22,24,34H,7,17-18H2,1-6H3,(H2,30,35)(H,31,36)(H,32,38). The van der Waals surface area contributed by atoms with Gasteiger partial charge in [-0.1, -0.05) is 49.4 Å². The lowest BCUT2D eigenvalue weighted by Crippen LogP contribution is -2.59. The van der Waals surface area contributed by atoms with E-state index in [4.69, 9.17) is 10.5 Å². The Hall–Kier alpha value is -4.08. The van der Waals surface area contributed by atoms with Gasteiger partial charge in [0.2, 0.25) is 17.7 Å². The molecule has 10 nitrogen and oxygen atoms in total. The first-order valence-corrected chi connectivity index (χ1v) is 12.9. The summed E-state index contributed by atoms with van der Waals surface area (Å²) in [6.45, 7) is 10.7. The van der Waals surface area contributed by atoms with E-state index in [1.165, 1.54) is 17.0 Å². The van der Waals surface area contributed by atoms with Crippen LogP contribution in [0.2, 0.25) is 0 Å². The second-order valence-electron chi connectivity index (χ2n) is 10.9. The molecule has 0 aliphatic carbocycles. The molecule has 0 radical (unpaired) electrons. The number of phenols is 1. The fraction of sp³-hybridized carbons (Fsp3) is 0.448. The highest BCUT2D eigenvalue weighted by atomic mass is 16.6. The highest BCUT2D eigenvalue weighted by molar-refractivity contribution is 5.95. The summed E-state index contributed by atoms with van der Waals surface area (Å²) in [6, 6.07) is 12.7. The average Bonchev–Trinajstić information content (AvgIpc) is 2.84. The maximum atomic E-state index is 14.2. The lowest BCUT2D eigenvalue weighted by Gasteiger charge is -2.44. The van der Waals surface area contributed by atoms with Crippen molar-refractivity contribution < 1.29 is 29.0 Å². The molecule has 0 aliphatic heterocycles. The zero-order valence-corrected chi connectivity index (χ0v) is 23.5. The molecule has 0 saturated carbocycles. The van der Waals surface area contributed by atoms with Gasteiger partial charge in [-0.2, -0.15) is 0 Å². The van der Waals surface area contributed by atoms with E-state index in [1.807, 2.05) is 37.3 Å². The van der Waals surface area contributed by atoms with E-state index in [-0.39, 0.29) is 12.3 Å². The molecule has 2 unspecified atom stereocenters. The molecule has 2 aromatic rings. The molecule has 0 aromatic heterocycles. The molecule has 212 valence electrons. The van der Waals surface area contributed by atoms with Crippen LogP contribution in [-0.4, -0.2) is 51.0 Å². The average molecular weight is 541 g/mol. The van der Waals surface area contributed by atoms with Crippen LogP contribution >= 0.6 is 0 Å². The van der Waals surface area contributed by atoms with Crippen molar-refractivity contribution >= 4 is 23.8 Å². The predicted molar refractivity (Wildman–Crippen MR) is 147 cm³/mol. The minimum Gasteiger partial charge on any atom is -0.508 e. The Morgan fingerprint density at radius 1 is 0.974 bits per heavy atom. The number of carbonyl (C=O) groups is 4. The summed E-state index contributed by atoms with van der Waals surface area (Å²) in [5.74, 6) is -1.98. The van der Waals surface area contributed by atoms with Gasteiger partial charge in [0.25, 0.3) is 0 Å². The second-order valence-corrected chi connectivity index (χ2v) is 10.9. The number of nitrogens with two attached hydrogens (primary N) is 1. The van der Waals surface area contributed by atoms with Crippen LogP contribution in [0.4, 0.5) is 4.79 Å². The van der Waals surface area contributed by atoms with Gasteiger partial charge in [-0.15, -0.1) is 0 Å². The topological polar surface area (TPSA) is 151 Å². The Balaban J connectivity index is 2.56. The molecule has 0 bridgehead atoms. The molecule has 0 aliphatic rings. The van der Waals surface area contributed by atoms with Crippen molar-refractivity contribution in [3.63, 3.8) is 0 Å². The van der Waals surface area contributed by atoms with Crippen molar-refractivity contribution in [2.75, 3.05) is 0 Å². The molecule has 2 rings (SSSR count). The summed E-state index contributed by atoms with van der Waals surface area (Å²) >= 11 is 0. The van der Waals surface area contributed by atoms with Crippen molar-refractivity contribution in [1.82, 2.24) is 15.5 Å². The summed E-state index contributed by atoms with van der Waals surface area (Å²) < 4.78 is 5.30. The SMILES string of the molecule is CCC(C)(C)N(C(=O)C(CC(N)=O)NC(=O)OC(C)(C)C)C(C(=O)NCc1ccccc1)c1ccc(O)cc1. The van der Waals surface area contributed by atoms with Gasteiger partial charge in [0.05, 0.1) is 6.42 Å². The molecule has 5 N–H and O–H groups in total. The first-order valence-electron chi connectivity index (χ1n) is 12.9. The number of hydrogen-bond donors (Lipinski definition) is 4. The van der Waals surface area contributed by atoms with E-state index in [9.17, 15) is 24.3 Å². The van der Waals surface area contributed by atoms with Crippen LogP contribution in [0, 0.1) is 0 Å². The van der Waals surface area contributed by atoms with E-state index >= 15 is 0 Å². The molecule has 2 atom stereocenters. The van der Waals surface area contributed by atoms with E-state index in [0.29, 0.717) is 12.0 Å². The molecular formula is C29H40N4O6. The number of primary amides is 1. The minimum absolute atomic E-state index is 0.00646. The highest BCUT2D eigenvalue weighted by Gasteiger charge is 2.43. The molecule has 2 aromatic carbocycles. The highest BCUT2D eigenvalue weighted by Crippen LogP contribution is 2.33. The number of benzene rings is 2. The number of amides is 4. The molecule has 0 spiro atoms. The van der Waals surface area contributed by atoms with Gasteiger partial charge in [-0.05, 0) is 64.3 Å². The molecule has 0 saturated heterocycles. The van der Waals surface area contributed by atoms with Gasteiger partial charge in [-0.3, -0.25) is 14.4 Å². The number of carbonyl (C=O) groups excluding carboxylic acids is 4. The van der Waals surface area contributed by atoms with Gasteiger partial charge >= 0.3 is 6.09 Å². The molecular weight excluding hydrogens is 500 g/mol. The van der Waals surface area contributed by atoms with Crippen LogP contribution in [0.15, 0.2) is 54.6 Å². The molecule has 0 heterocycles. The Morgan fingerprint density at radius 3 is 2.08 bits per heavy atom. The third-order valence-corrected chi connectivity index (χ3v) is 6.17. The van der Waals surface area contributed by atoms with E-state index in [0.717, 1.165) is 5.56 Å². The van der Waals surface area contributed by atoms with E-state index in [2.05, 4.69) is 10.6 Å². The lowest BCUT2D eigenvalue weighted by atomic mass is 9.91. The van der Waals surface area contributed by atoms with Gasteiger partial charge in [0, 0.05) is 12.1 Å². The fourth-order valence-corrected chi connectivity index (χ4v) is 3.92. The van der Waals surface area contributed by atoms with E-state index < -0.39 is 53.5 Å². The van der Waals surface area contributed by atoms with Gasteiger partial charge < -0.3 is 31.1 Å². The van der Waals surface area contributed by atoms with Crippen LogP contribution in [0.5, 0.6) is 5.75 Å². The predicted octanol–water partition coefficient (Wildman–Crippen LogP) is 3.54. The number of nitrogens with zero attached hydrogens (tertiary/aromatic N) is 1. The van der Waals surface area contributed by atoms with Crippen LogP contribution in [0.1, 0.15) is 71.6 Å². The fourth-order valence-electron chi connectivity index (χ4n) is 3.92. The van der Waals surface area contributed by atoms with Crippen LogP contribution < -0.4 is 16.4 Å². The van der Waals surface area contributed by atoms with Crippen molar-refractivity contribution in [3.05, 3.63) is 65.7 Å². The van der Waals surface area contributed by atoms with Crippen molar-refractivity contribution in [2.45, 2.75) is 84.2 Å². The Labute approximate surface area is 229 Å². The Bertz CT molecular complexity index is 1140. The monoisotopic (exact) mass is 540 g/mol. The van der Waals surface area contributed by atoms with Gasteiger partial charge in [0.1, 0.15) is 23.4 Å². The van der Waals surface area contributed by atoms with Crippen LogP contribution in [0.3, 0.4) is 0 Å². The van der Waals surface area contributed by atoms with Gasteiger partial charge in [0.15, 0.2) is 0 Å². The maximum Gasteiger partial charge on any atom is 0.408 e. The molecule has 10 heteroatoms. The molecule has 39 heavy (non-hydrogen) atoms. The summed E-state index contributed by atoms with van der Waals surface area (Å²) in [5, 5.41) is 15.2.